The highest BCUT2D eigenvalue weighted by atomic mass is 35.5. The van der Waals surface area contributed by atoms with E-state index in [0.717, 1.165) is 16.8 Å². The van der Waals surface area contributed by atoms with E-state index in [4.69, 9.17) is 16.3 Å². The number of fused-ring (bicyclic) bond motifs is 1. The van der Waals surface area contributed by atoms with Crippen molar-refractivity contribution in [2.75, 3.05) is 11.9 Å². The van der Waals surface area contributed by atoms with Crippen LogP contribution in [0.3, 0.4) is 0 Å². The van der Waals surface area contributed by atoms with E-state index in [0.29, 0.717) is 42.6 Å². The lowest BCUT2D eigenvalue weighted by Crippen LogP contribution is -2.40. The molecule has 0 bridgehead atoms. The molecule has 2 aromatic heterocycles. The zero-order valence-electron chi connectivity index (χ0n) is 18.8. The van der Waals surface area contributed by atoms with Crippen molar-refractivity contribution >= 4 is 29.4 Å². The zero-order chi connectivity index (χ0) is 23.6. The molecule has 0 atom stereocenters. The summed E-state index contributed by atoms with van der Waals surface area (Å²) in [5.74, 6) is 0.109. The molecule has 3 heterocycles. The van der Waals surface area contributed by atoms with Crippen LogP contribution in [-0.2, 0) is 24.2 Å². The summed E-state index contributed by atoms with van der Waals surface area (Å²) in [6.45, 7) is 7.02. The molecule has 8 nitrogen and oxygen atoms in total. The Bertz CT molecular complexity index is 1180. The van der Waals surface area contributed by atoms with E-state index in [1.807, 2.05) is 55.7 Å². The highest BCUT2D eigenvalue weighted by Gasteiger charge is 2.26. The molecule has 0 aliphatic carbocycles. The Hall–Kier alpha value is -3.39. The molecule has 0 spiro atoms. The van der Waals surface area contributed by atoms with E-state index in [-0.39, 0.29) is 12.0 Å². The predicted octanol–water partition coefficient (Wildman–Crippen LogP) is 4.53. The van der Waals surface area contributed by atoms with Crippen LogP contribution < -0.4 is 5.32 Å². The maximum atomic E-state index is 12.7. The first-order chi connectivity index (χ1) is 15.7. The summed E-state index contributed by atoms with van der Waals surface area (Å²) in [6.07, 6.45) is 3.63. The summed E-state index contributed by atoms with van der Waals surface area (Å²) in [5.41, 5.74) is 2.53. The molecule has 1 N–H and O–H groups in total. The summed E-state index contributed by atoms with van der Waals surface area (Å²) < 4.78 is 7.32. The average molecular weight is 468 g/mol. The Morgan fingerprint density at radius 2 is 2.03 bits per heavy atom. The van der Waals surface area contributed by atoms with Gasteiger partial charge in [-0.25, -0.2) is 14.8 Å². The van der Waals surface area contributed by atoms with Crippen LogP contribution in [-0.4, -0.2) is 43.6 Å². The lowest BCUT2D eigenvalue weighted by molar-refractivity contribution is 0.0222. The molecule has 0 fully saturated rings. The van der Waals surface area contributed by atoms with Crippen molar-refractivity contribution < 1.29 is 14.3 Å². The molecule has 33 heavy (non-hydrogen) atoms. The third kappa shape index (κ3) is 5.90. The van der Waals surface area contributed by atoms with Gasteiger partial charge in [-0.2, -0.15) is 0 Å². The quantitative estimate of drug-likeness (QED) is 0.609. The first-order valence-electron chi connectivity index (χ1n) is 10.7. The van der Waals surface area contributed by atoms with E-state index in [9.17, 15) is 9.59 Å². The van der Waals surface area contributed by atoms with Crippen molar-refractivity contribution in [3.8, 4) is 0 Å². The number of pyridine rings is 1. The number of imidazole rings is 1. The number of benzene rings is 1. The molecule has 0 saturated heterocycles. The third-order valence-corrected chi connectivity index (χ3v) is 5.30. The number of rotatable bonds is 4. The van der Waals surface area contributed by atoms with Gasteiger partial charge in [-0.15, -0.1) is 0 Å². The molecule has 0 radical (unpaired) electrons. The molecule has 0 saturated carbocycles. The molecule has 1 aliphatic rings. The van der Waals surface area contributed by atoms with Crippen LogP contribution >= 0.6 is 11.6 Å². The van der Waals surface area contributed by atoms with Gasteiger partial charge in [0.1, 0.15) is 11.3 Å². The van der Waals surface area contributed by atoms with E-state index in [2.05, 4.69) is 15.3 Å². The monoisotopic (exact) mass is 467 g/mol. The first-order valence-corrected chi connectivity index (χ1v) is 11.1. The second-order valence-corrected chi connectivity index (χ2v) is 9.41. The van der Waals surface area contributed by atoms with E-state index >= 15 is 0 Å². The highest BCUT2D eigenvalue weighted by molar-refractivity contribution is 6.30. The van der Waals surface area contributed by atoms with Gasteiger partial charge in [0.25, 0.3) is 5.91 Å². The minimum atomic E-state index is -0.543. The number of aromatic nitrogens is 3. The van der Waals surface area contributed by atoms with Crippen molar-refractivity contribution in [1.29, 1.82) is 0 Å². The molecule has 1 aliphatic heterocycles. The Morgan fingerprint density at radius 1 is 1.21 bits per heavy atom. The predicted molar refractivity (Wildman–Crippen MR) is 125 cm³/mol. The Kier molecular flexibility index (Phi) is 6.37. The number of carbonyl (C=O) groups is 2. The van der Waals surface area contributed by atoms with Gasteiger partial charge in [0, 0.05) is 36.4 Å². The second kappa shape index (κ2) is 9.23. The number of carbonyl (C=O) groups excluding carboxylic acids is 2. The number of ether oxygens (including phenoxy) is 1. The SMILES string of the molecule is CC(C)(C)OC(=O)N1CCc2nc(C(=O)Nc3cn(Cc4cccc(Cl)c4)cn3)ccc2C1. The van der Waals surface area contributed by atoms with Crippen LogP contribution in [0.5, 0.6) is 0 Å². The first kappa shape index (κ1) is 22.8. The fourth-order valence-corrected chi connectivity index (χ4v) is 3.78. The molecule has 4 rings (SSSR count). The standard InChI is InChI=1S/C24H26ClN5O3/c1-24(2,3)33-23(32)30-10-9-19-17(13-30)7-8-20(27-19)22(31)28-21-14-29(15-26-21)12-16-5-4-6-18(25)11-16/h4-8,11,14-15H,9-10,12-13H2,1-3H3,(H,28,31). The number of anilines is 1. The van der Waals surface area contributed by atoms with Crippen LogP contribution in [0.1, 0.15) is 48.1 Å². The van der Waals surface area contributed by atoms with Crippen LogP contribution in [0.4, 0.5) is 10.6 Å². The summed E-state index contributed by atoms with van der Waals surface area (Å²) in [5, 5.41) is 3.47. The maximum absolute atomic E-state index is 12.7. The fourth-order valence-electron chi connectivity index (χ4n) is 3.56. The summed E-state index contributed by atoms with van der Waals surface area (Å²) >= 11 is 6.04. The second-order valence-electron chi connectivity index (χ2n) is 8.97. The Balaban J connectivity index is 1.38. The lowest BCUT2D eigenvalue weighted by Gasteiger charge is -2.30. The topological polar surface area (TPSA) is 89.4 Å². The smallest absolute Gasteiger partial charge is 0.410 e. The molecule has 3 aromatic rings. The number of hydrogen-bond donors (Lipinski definition) is 1. The van der Waals surface area contributed by atoms with Gasteiger partial charge >= 0.3 is 6.09 Å². The maximum Gasteiger partial charge on any atom is 0.410 e. The summed E-state index contributed by atoms with van der Waals surface area (Å²) in [7, 11) is 0. The van der Waals surface area contributed by atoms with E-state index in [1.165, 1.54) is 0 Å². The molecule has 2 amide bonds. The van der Waals surface area contributed by atoms with Crippen LogP contribution in [0.25, 0.3) is 0 Å². The molecular weight excluding hydrogens is 442 g/mol. The fraction of sp³-hybridized carbons (Fsp3) is 0.333. The number of nitrogens with zero attached hydrogens (tertiary/aromatic N) is 4. The average Bonchev–Trinajstić information content (AvgIpc) is 3.18. The number of amides is 2. The minimum Gasteiger partial charge on any atom is -0.444 e. The summed E-state index contributed by atoms with van der Waals surface area (Å²) in [6, 6.07) is 11.1. The van der Waals surface area contributed by atoms with Crippen LogP contribution in [0.2, 0.25) is 5.02 Å². The van der Waals surface area contributed by atoms with Crippen molar-refractivity contribution in [2.24, 2.45) is 0 Å². The van der Waals surface area contributed by atoms with Crippen molar-refractivity contribution in [3.05, 3.63) is 76.5 Å². The van der Waals surface area contributed by atoms with Crippen molar-refractivity contribution in [2.45, 2.75) is 45.9 Å². The summed E-state index contributed by atoms with van der Waals surface area (Å²) in [4.78, 5) is 35.5. The number of halogens is 1. The van der Waals surface area contributed by atoms with Gasteiger partial charge in [0.05, 0.1) is 12.9 Å². The van der Waals surface area contributed by atoms with Gasteiger partial charge in [-0.3, -0.25) is 4.79 Å². The zero-order valence-corrected chi connectivity index (χ0v) is 19.6. The Morgan fingerprint density at radius 3 is 2.79 bits per heavy atom. The van der Waals surface area contributed by atoms with Gasteiger partial charge in [-0.05, 0) is 50.1 Å². The van der Waals surface area contributed by atoms with Crippen LogP contribution in [0, 0.1) is 0 Å². The van der Waals surface area contributed by atoms with Crippen molar-refractivity contribution in [3.63, 3.8) is 0 Å². The van der Waals surface area contributed by atoms with Gasteiger partial charge < -0.3 is 19.5 Å². The Labute approximate surface area is 197 Å². The van der Waals surface area contributed by atoms with E-state index in [1.54, 1.807) is 23.5 Å². The third-order valence-electron chi connectivity index (χ3n) is 5.06. The van der Waals surface area contributed by atoms with Gasteiger partial charge in [0.15, 0.2) is 5.82 Å². The molecule has 1 aromatic carbocycles. The minimum absolute atomic E-state index is 0.309. The number of hydrogen-bond acceptors (Lipinski definition) is 5. The molecular formula is C24H26ClN5O3. The van der Waals surface area contributed by atoms with Crippen molar-refractivity contribution in [1.82, 2.24) is 19.4 Å². The van der Waals surface area contributed by atoms with E-state index < -0.39 is 5.60 Å². The van der Waals surface area contributed by atoms with Gasteiger partial charge in [-0.1, -0.05) is 29.8 Å². The number of nitrogens with one attached hydrogen (secondary N) is 1. The highest BCUT2D eigenvalue weighted by Crippen LogP contribution is 2.21. The largest absolute Gasteiger partial charge is 0.444 e. The molecule has 0 unspecified atom stereocenters. The molecule has 9 heteroatoms. The van der Waals surface area contributed by atoms with Gasteiger partial charge in [0.2, 0.25) is 0 Å². The molecule has 172 valence electrons. The lowest BCUT2D eigenvalue weighted by atomic mass is 10.1. The van der Waals surface area contributed by atoms with Crippen LogP contribution in [0.15, 0.2) is 48.9 Å². The normalized spacial score (nSPS) is 13.4.